The standard InChI is InChI=1S/C12H23NO2/c1-4-12(5-2,11(14)15-3)9-13-8-10-6-7-10/h10,13H,4-9H2,1-3H3. The fourth-order valence-electron chi connectivity index (χ4n) is 1.91. The molecule has 0 saturated heterocycles. The third-order valence-electron chi connectivity index (χ3n) is 3.57. The van der Waals surface area contributed by atoms with Gasteiger partial charge in [0, 0.05) is 6.54 Å². The third kappa shape index (κ3) is 3.20. The Morgan fingerprint density at radius 3 is 2.40 bits per heavy atom. The Bertz CT molecular complexity index is 208. The minimum atomic E-state index is -0.316. The van der Waals surface area contributed by atoms with Crippen molar-refractivity contribution in [2.45, 2.75) is 39.5 Å². The maximum absolute atomic E-state index is 11.7. The van der Waals surface area contributed by atoms with E-state index in [4.69, 9.17) is 4.74 Å². The lowest BCUT2D eigenvalue weighted by Gasteiger charge is -2.28. The van der Waals surface area contributed by atoms with Gasteiger partial charge in [0.1, 0.15) is 0 Å². The van der Waals surface area contributed by atoms with E-state index in [-0.39, 0.29) is 11.4 Å². The fraction of sp³-hybridized carbons (Fsp3) is 0.917. The predicted octanol–water partition coefficient (Wildman–Crippen LogP) is 1.97. The molecule has 1 saturated carbocycles. The largest absolute Gasteiger partial charge is 0.469 e. The molecule has 88 valence electrons. The van der Waals surface area contributed by atoms with Gasteiger partial charge in [0.05, 0.1) is 12.5 Å². The van der Waals surface area contributed by atoms with Crippen LogP contribution in [0.1, 0.15) is 39.5 Å². The number of hydrogen-bond acceptors (Lipinski definition) is 3. The molecule has 0 unspecified atom stereocenters. The van der Waals surface area contributed by atoms with Crippen molar-refractivity contribution in [3.8, 4) is 0 Å². The summed E-state index contributed by atoms with van der Waals surface area (Å²) in [6.45, 7) is 5.92. The van der Waals surface area contributed by atoms with E-state index in [0.29, 0.717) is 0 Å². The van der Waals surface area contributed by atoms with Crippen LogP contribution in [0, 0.1) is 11.3 Å². The van der Waals surface area contributed by atoms with Gasteiger partial charge in [-0.05, 0) is 38.1 Å². The molecule has 0 aromatic carbocycles. The monoisotopic (exact) mass is 213 g/mol. The molecule has 1 fully saturated rings. The van der Waals surface area contributed by atoms with Crippen molar-refractivity contribution in [2.24, 2.45) is 11.3 Å². The summed E-state index contributed by atoms with van der Waals surface area (Å²) in [6, 6.07) is 0. The van der Waals surface area contributed by atoms with Gasteiger partial charge in [-0.25, -0.2) is 0 Å². The second kappa shape index (κ2) is 5.50. The van der Waals surface area contributed by atoms with E-state index in [1.54, 1.807) is 0 Å². The van der Waals surface area contributed by atoms with Gasteiger partial charge in [-0.3, -0.25) is 4.79 Å². The van der Waals surface area contributed by atoms with Gasteiger partial charge < -0.3 is 10.1 Å². The molecule has 0 bridgehead atoms. The number of esters is 1. The SMILES string of the molecule is CCC(CC)(CNCC1CC1)C(=O)OC. The second-order valence-electron chi connectivity index (χ2n) is 4.55. The van der Waals surface area contributed by atoms with Crippen LogP contribution in [0.5, 0.6) is 0 Å². The van der Waals surface area contributed by atoms with E-state index in [1.807, 2.05) is 0 Å². The number of ether oxygens (including phenoxy) is 1. The molecule has 1 aliphatic carbocycles. The summed E-state index contributed by atoms with van der Waals surface area (Å²) in [5, 5.41) is 3.40. The number of methoxy groups -OCH3 is 1. The number of rotatable bonds is 7. The van der Waals surface area contributed by atoms with Gasteiger partial charge >= 0.3 is 5.97 Å². The van der Waals surface area contributed by atoms with Crippen molar-refractivity contribution in [2.75, 3.05) is 20.2 Å². The molecule has 15 heavy (non-hydrogen) atoms. The first-order valence-corrected chi connectivity index (χ1v) is 5.97. The van der Waals surface area contributed by atoms with Gasteiger partial charge in [0.25, 0.3) is 0 Å². The molecule has 0 radical (unpaired) electrons. The van der Waals surface area contributed by atoms with Crippen molar-refractivity contribution < 1.29 is 9.53 Å². The molecule has 1 N–H and O–H groups in total. The lowest BCUT2D eigenvalue weighted by molar-refractivity contribution is -0.153. The zero-order valence-electron chi connectivity index (χ0n) is 10.1. The highest BCUT2D eigenvalue weighted by Crippen LogP contribution is 2.30. The zero-order chi connectivity index (χ0) is 11.3. The Morgan fingerprint density at radius 2 is 2.00 bits per heavy atom. The van der Waals surface area contributed by atoms with E-state index in [2.05, 4.69) is 19.2 Å². The van der Waals surface area contributed by atoms with Crippen LogP contribution in [0.4, 0.5) is 0 Å². The van der Waals surface area contributed by atoms with Crippen molar-refractivity contribution in [3.63, 3.8) is 0 Å². The number of carbonyl (C=O) groups excluding carboxylic acids is 1. The molecular weight excluding hydrogens is 190 g/mol. The van der Waals surface area contributed by atoms with Crippen molar-refractivity contribution >= 4 is 5.97 Å². The molecule has 0 amide bonds. The van der Waals surface area contributed by atoms with E-state index in [1.165, 1.54) is 20.0 Å². The minimum Gasteiger partial charge on any atom is -0.469 e. The minimum absolute atomic E-state index is 0.0733. The highest BCUT2D eigenvalue weighted by Gasteiger charge is 2.36. The van der Waals surface area contributed by atoms with Gasteiger partial charge in [-0.2, -0.15) is 0 Å². The van der Waals surface area contributed by atoms with Gasteiger partial charge in [0.2, 0.25) is 0 Å². The average molecular weight is 213 g/mol. The van der Waals surface area contributed by atoms with E-state index < -0.39 is 0 Å². The van der Waals surface area contributed by atoms with Gasteiger partial charge in [-0.1, -0.05) is 13.8 Å². The first-order valence-electron chi connectivity index (χ1n) is 5.97. The zero-order valence-corrected chi connectivity index (χ0v) is 10.1. The molecule has 3 heteroatoms. The van der Waals surface area contributed by atoms with Crippen molar-refractivity contribution in [1.82, 2.24) is 5.32 Å². The summed E-state index contributed by atoms with van der Waals surface area (Å²) in [5.41, 5.74) is -0.316. The first kappa shape index (κ1) is 12.5. The highest BCUT2D eigenvalue weighted by atomic mass is 16.5. The summed E-state index contributed by atoms with van der Waals surface area (Å²) in [7, 11) is 1.48. The molecule has 0 aromatic heterocycles. The van der Waals surface area contributed by atoms with Crippen LogP contribution >= 0.6 is 0 Å². The molecule has 0 heterocycles. The van der Waals surface area contributed by atoms with Crippen LogP contribution < -0.4 is 5.32 Å². The average Bonchev–Trinajstić information content (AvgIpc) is 3.08. The second-order valence-corrected chi connectivity index (χ2v) is 4.55. The molecule has 0 aromatic rings. The van der Waals surface area contributed by atoms with Crippen LogP contribution in [0.15, 0.2) is 0 Å². The summed E-state index contributed by atoms with van der Waals surface area (Å²) in [5.74, 6) is 0.782. The molecule has 1 rings (SSSR count). The number of hydrogen-bond donors (Lipinski definition) is 1. The number of nitrogens with one attached hydrogen (secondary N) is 1. The first-order chi connectivity index (χ1) is 7.18. The molecule has 1 aliphatic rings. The third-order valence-corrected chi connectivity index (χ3v) is 3.57. The maximum atomic E-state index is 11.7. The normalized spacial score (nSPS) is 16.5. The molecule has 0 aliphatic heterocycles. The van der Waals surface area contributed by atoms with E-state index >= 15 is 0 Å². The number of carbonyl (C=O) groups is 1. The quantitative estimate of drug-likeness (QED) is 0.657. The van der Waals surface area contributed by atoms with Crippen LogP contribution in [0.2, 0.25) is 0 Å². The Kier molecular flexibility index (Phi) is 4.58. The highest BCUT2D eigenvalue weighted by molar-refractivity contribution is 5.76. The van der Waals surface area contributed by atoms with Gasteiger partial charge in [-0.15, -0.1) is 0 Å². The Hall–Kier alpha value is -0.570. The predicted molar refractivity (Wildman–Crippen MR) is 60.6 cm³/mol. The van der Waals surface area contributed by atoms with Gasteiger partial charge in [0.15, 0.2) is 0 Å². The molecule has 0 spiro atoms. The lowest BCUT2D eigenvalue weighted by Crippen LogP contribution is -2.41. The Morgan fingerprint density at radius 1 is 1.40 bits per heavy atom. The van der Waals surface area contributed by atoms with Crippen molar-refractivity contribution in [1.29, 1.82) is 0 Å². The Labute approximate surface area is 92.6 Å². The van der Waals surface area contributed by atoms with Crippen LogP contribution in [0.3, 0.4) is 0 Å². The summed E-state index contributed by atoms with van der Waals surface area (Å²) < 4.78 is 4.89. The molecule has 3 nitrogen and oxygen atoms in total. The van der Waals surface area contributed by atoms with Crippen LogP contribution in [-0.4, -0.2) is 26.2 Å². The van der Waals surface area contributed by atoms with Crippen LogP contribution in [0.25, 0.3) is 0 Å². The summed E-state index contributed by atoms with van der Waals surface area (Å²) in [6.07, 6.45) is 4.37. The Balaban J connectivity index is 2.42. The fourth-order valence-corrected chi connectivity index (χ4v) is 1.91. The van der Waals surface area contributed by atoms with Crippen LogP contribution in [-0.2, 0) is 9.53 Å². The summed E-state index contributed by atoms with van der Waals surface area (Å²) in [4.78, 5) is 11.7. The van der Waals surface area contributed by atoms with E-state index in [0.717, 1.165) is 31.8 Å². The molecule has 0 atom stereocenters. The lowest BCUT2D eigenvalue weighted by atomic mass is 9.82. The molecular formula is C12H23NO2. The smallest absolute Gasteiger partial charge is 0.313 e. The maximum Gasteiger partial charge on any atom is 0.313 e. The van der Waals surface area contributed by atoms with E-state index in [9.17, 15) is 4.79 Å². The topological polar surface area (TPSA) is 38.3 Å². The van der Waals surface area contributed by atoms with Crippen molar-refractivity contribution in [3.05, 3.63) is 0 Å². The summed E-state index contributed by atoms with van der Waals surface area (Å²) >= 11 is 0.